The number of methoxy groups -OCH3 is 2. The predicted octanol–water partition coefficient (Wildman–Crippen LogP) is 6.27. The Morgan fingerprint density at radius 2 is 1.88 bits per heavy atom. The van der Waals surface area contributed by atoms with Crippen LogP contribution in [-0.4, -0.2) is 38.1 Å². The molecule has 32 heavy (non-hydrogen) atoms. The molecule has 3 heterocycles. The van der Waals surface area contributed by atoms with Crippen LogP contribution in [0.25, 0.3) is 0 Å². The maximum atomic E-state index is 12.9. The molecule has 0 spiro atoms. The van der Waals surface area contributed by atoms with Gasteiger partial charge in [-0.15, -0.1) is 22.7 Å². The Kier molecular flexibility index (Phi) is 7.18. The summed E-state index contributed by atoms with van der Waals surface area (Å²) in [6.45, 7) is 6.33. The zero-order valence-corrected chi connectivity index (χ0v) is 20.7. The second-order valence-corrected chi connectivity index (χ2v) is 10.2. The number of rotatable bonds is 7. The Balaban J connectivity index is 1.82. The molecule has 2 aromatic heterocycles. The largest absolute Gasteiger partial charge is 0.497 e. The first-order valence-corrected chi connectivity index (χ1v) is 12.6. The van der Waals surface area contributed by atoms with Crippen molar-refractivity contribution in [1.82, 2.24) is 4.90 Å². The molecule has 1 aliphatic heterocycles. The number of carbonyl (C=O) groups excluding carboxylic acids is 1. The lowest BCUT2D eigenvalue weighted by Crippen LogP contribution is -2.35. The highest BCUT2D eigenvalue weighted by molar-refractivity contribution is 7.17. The number of benzene rings is 1. The number of ether oxygens (including phenoxy) is 2. The van der Waals surface area contributed by atoms with Gasteiger partial charge in [-0.25, -0.2) is 0 Å². The van der Waals surface area contributed by atoms with E-state index in [9.17, 15) is 4.79 Å². The summed E-state index contributed by atoms with van der Waals surface area (Å²) in [5.41, 5.74) is 3.50. The van der Waals surface area contributed by atoms with Gasteiger partial charge in [-0.05, 0) is 68.9 Å². The third kappa shape index (κ3) is 4.56. The van der Waals surface area contributed by atoms with E-state index in [2.05, 4.69) is 30.1 Å². The van der Waals surface area contributed by atoms with Crippen molar-refractivity contribution in [2.45, 2.75) is 39.2 Å². The van der Waals surface area contributed by atoms with Gasteiger partial charge in [0.2, 0.25) is 0 Å². The van der Waals surface area contributed by atoms with Crippen LogP contribution >= 0.6 is 22.7 Å². The first-order valence-electron chi connectivity index (χ1n) is 10.9. The number of amides is 1. The topological polar surface area (TPSA) is 50.8 Å². The van der Waals surface area contributed by atoms with Crippen molar-refractivity contribution in [3.8, 4) is 11.5 Å². The lowest BCUT2D eigenvalue weighted by atomic mass is 9.92. The highest BCUT2D eigenvalue weighted by Gasteiger charge is 2.32. The van der Waals surface area contributed by atoms with Crippen molar-refractivity contribution < 1.29 is 14.3 Å². The van der Waals surface area contributed by atoms with E-state index in [1.54, 1.807) is 25.6 Å². The van der Waals surface area contributed by atoms with E-state index in [0.717, 1.165) is 40.0 Å². The number of piperidine rings is 1. The molecule has 7 heteroatoms. The molecule has 170 valence electrons. The van der Waals surface area contributed by atoms with Gasteiger partial charge in [0.1, 0.15) is 16.5 Å². The second-order valence-electron chi connectivity index (χ2n) is 8.06. The molecule has 0 radical (unpaired) electrons. The van der Waals surface area contributed by atoms with Crippen LogP contribution < -0.4 is 14.8 Å². The van der Waals surface area contributed by atoms with Crippen LogP contribution in [0.3, 0.4) is 0 Å². The molecule has 1 N–H and O–H groups in total. The van der Waals surface area contributed by atoms with Crippen LogP contribution in [0.15, 0.2) is 35.7 Å². The lowest BCUT2D eigenvalue weighted by molar-refractivity contribution is 0.103. The highest BCUT2D eigenvalue weighted by Crippen LogP contribution is 2.46. The highest BCUT2D eigenvalue weighted by atomic mass is 32.1. The third-order valence-corrected chi connectivity index (χ3v) is 8.18. The van der Waals surface area contributed by atoms with Gasteiger partial charge in [-0.1, -0.05) is 12.5 Å². The minimum atomic E-state index is -0.0541. The molecule has 4 rings (SSSR count). The van der Waals surface area contributed by atoms with E-state index in [4.69, 9.17) is 9.47 Å². The molecule has 1 fully saturated rings. The fraction of sp³-hybridized carbons (Fsp3) is 0.400. The molecule has 1 amide bonds. The molecule has 1 atom stereocenters. The van der Waals surface area contributed by atoms with E-state index in [-0.39, 0.29) is 11.9 Å². The first kappa shape index (κ1) is 22.8. The van der Waals surface area contributed by atoms with E-state index in [1.165, 1.54) is 46.6 Å². The molecule has 5 nitrogen and oxygen atoms in total. The van der Waals surface area contributed by atoms with E-state index < -0.39 is 0 Å². The predicted molar refractivity (Wildman–Crippen MR) is 133 cm³/mol. The maximum absolute atomic E-state index is 12.9. The molecule has 1 aromatic carbocycles. The molecular formula is C25H30N2O3S2. The summed E-state index contributed by atoms with van der Waals surface area (Å²) in [6, 6.07) is 9.82. The van der Waals surface area contributed by atoms with Crippen LogP contribution in [0, 0.1) is 13.8 Å². The van der Waals surface area contributed by atoms with Crippen molar-refractivity contribution in [3.63, 3.8) is 0 Å². The third-order valence-electron chi connectivity index (χ3n) is 6.17. The summed E-state index contributed by atoms with van der Waals surface area (Å²) in [5.74, 6) is 1.52. The smallest absolute Gasteiger partial charge is 0.266 e. The van der Waals surface area contributed by atoms with Gasteiger partial charge in [-0.2, -0.15) is 0 Å². The average molecular weight is 471 g/mol. The fourth-order valence-electron chi connectivity index (χ4n) is 4.39. The van der Waals surface area contributed by atoms with Gasteiger partial charge in [0.15, 0.2) is 0 Å². The number of nitrogens with zero attached hydrogens (tertiary/aromatic N) is 1. The molecule has 1 unspecified atom stereocenters. The van der Waals surface area contributed by atoms with Gasteiger partial charge in [-0.3, -0.25) is 9.69 Å². The van der Waals surface area contributed by atoms with Crippen molar-refractivity contribution in [3.05, 3.63) is 62.2 Å². The van der Waals surface area contributed by atoms with Crippen molar-refractivity contribution >= 4 is 33.6 Å². The number of aryl methyl sites for hydroxylation is 1. The van der Waals surface area contributed by atoms with Crippen LogP contribution in [0.2, 0.25) is 0 Å². The summed E-state index contributed by atoms with van der Waals surface area (Å²) in [7, 11) is 3.37. The van der Waals surface area contributed by atoms with E-state index in [0.29, 0.717) is 0 Å². The monoisotopic (exact) mass is 470 g/mol. The summed E-state index contributed by atoms with van der Waals surface area (Å²) in [4.78, 5) is 17.4. The standard InChI is InChI=1S/C25H30N2O3S2/c1-16-17(2)32-25(26-24(28)21-9-8-14-31-21)22(16)23(27-12-6-5-7-13-27)19-11-10-18(29-3)15-20(19)30-4/h8-11,14-15,23H,5-7,12-13H2,1-4H3,(H,26,28). The number of carbonyl (C=O) groups is 1. The van der Waals surface area contributed by atoms with E-state index in [1.807, 2.05) is 29.6 Å². The molecule has 0 saturated carbocycles. The van der Waals surface area contributed by atoms with Crippen LogP contribution in [-0.2, 0) is 0 Å². The quantitative estimate of drug-likeness (QED) is 0.442. The second kappa shape index (κ2) is 10.1. The Labute approximate surface area is 198 Å². The van der Waals surface area contributed by atoms with Crippen molar-refractivity contribution in [2.75, 3.05) is 32.6 Å². The normalized spacial score (nSPS) is 15.4. The van der Waals surface area contributed by atoms with Gasteiger partial charge >= 0.3 is 0 Å². The molecule has 3 aromatic rings. The zero-order chi connectivity index (χ0) is 22.7. The lowest BCUT2D eigenvalue weighted by Gasteiger charge is -2.36. The minimum absolute atomic E-state index is 0.000239. The molecular weight excluding hydrogens is 440 g/mol. The van der Waals surface area contributed by atoms with Crippen LogP contribution in [0.1, 0.15) is 56.5 Å². The van der Waals surface area contributed by atoms with Crippen LogP contribution in [0.4, 0.5) is 5.00 Å². The van der Waals surface area contributed by atoms with Crippen molar-refractivity contribution in [1.29, 1.82) is 0 Å². The molecule has 0 bridgehead atoms. The number of anilines is 1. The SMILES string of the molecule is COc1ccc(C(c2c(NC(=O)c3cccs3)sc(C)c2C)N2CCCCC2)c(OC)c1. The van der Waals surface area contributed by atoms with Gasteiger partial charge in [0, 0.05) is 22.1 Å². The molecule has 1 aliphatic rings. The Bertz CT molecular complexity index is 1070. The van der Waals surface area contributed by atoms with Crippen LogP contribution in [0.5, 0.6) is 11.5 Å². The minimum Gasteiger partial charge on any atom is -0.497 e. The van der Waals surface area contributed by atoms with Crippen molar-refractivity contribution in [2.24, 2.45) is 0 Å². The zero-order valence-electron chi connectivity index (χ0n) is 19.1. The fourth-order valence-corrected chi connectivity index (χ4v) is 6.10. The number of likely N-dealkylation sites (tertiary alicyclic amines) is 1. The van der Waals surface area contributed by atoms with Gasteiger partial charge in [0.25, 0.3) is 5.91 Å². The Morgan fingerprint density at radius 1 is 1.09 bits per heavy atom. The van der Waals surface area contributed by atoms with Gasteiger partial charge in [0.05, 0.1) is 25.1 Å². The Morgan fingerprint density at radius 3 is 2.53 bits per heavy atom. The van der Waals surface area contributed by atoms with Gasteiger partial charge < -0.3 is 14.8 Å². The average Bonchev–Trinajstić information content (AvgIpc) is 3.45. The summed E-state index contributed by atoms with van der Waals surface area (Å²) in [6.07, 6.45) is 3.61. The van der Waals surface area contributed by atoms with E-state index >= 15 is 0 Å². The number of thiophene rings is 2. The summed E-state index contributed by atoms with van der Waals surface area (Å²) >= 11 is 3.11. The number of hydrogen-bond acceptors (Lipinski definition) is 6. The molecule has 0 aliphatic carbocycles. The summed E-state index contributed by atoms with van der Waals surface area (Å²) in [5, 5.41) is 6.07. The number of nitrogens with one attached hydrogen (secondary N) is 1. The first-order chi connectivity index (χ1) is 15.5. The molecule has 1 saturated heterocycles. The maximum Gasteiger partial charge on any atom is 0.266 e. The summed E-state index contributed by atoms with van der Waals surface area (Å²) < 4.78 is 11.3. The number of hydrogen-bond donors (Lipinski definition) is 1. The Hall–Kier alpha value is -2.35.